The van der Waals surface area contributed by atoms with Crippen molar-refractivity contribution in [2.45, 2.75) is 34.2 Å². The SMILES string of the molecule is CCN(CC)CCN(C(=O)Cn1cncn1)c1nc2cc(C)cc(C)c2s1. The summed E-state index contributed by atoms with van der Waals surface area (Å²) < 4.78 is 2.69. The van der Waals surface area contributed by atoms with Crippen molar-refractivity contribution < 1.29 is 4.79 Å². The van der Waals surface area contributed by atoms with Crippen molar-refractivity contribution in [2.24, 2.45) is 0 Å². The average molecular weight is 387 g/mol. The van der Waals surface area contributed by atoms with E-state index in [-0.39, 0.29) is 12.5 Å². The Morgan fingerprint density at radius 3 is 2.63 bits per heavy atom. The fourth-order valence-electron chi connectivity index (χ4n) is 3.13. The molecule has 3 rings (SSSR count). The fraction of sp³-hybridized carbons (Fsp3) is 0.474. The number of hydrogen-bond acceptors (Lipinski definition) is 6. The third-order valence-corrected chi connectivity index (χ3v) is 5.87. The Bertz CT molecular complexity index is 900. The number of nitrogens with zero attached hydrogens (tertiary/aromatic N) is 6. The first-order valence-corrected chi connectivity index (χ1v) is 10.1. The van der Waals surface area contributed by atoms with E-state index in [1.807, 2.05) is 0 Å². The highest BCUT2D eigenvalue weighted by Crippen LogP contribution is 2.32. The summed E-state index contributed by atoms with van der Waals surface area (Å²) >= 11 is 1.58. The van der Waals surface area contributed by atoms with Crippen LogP contribution in [0.15, 0.2) is 24.8 Å². The molecule has 0 saturated heterocycles. The molecule has 0 unspecified atom stereocenters. The van der Waals surface area contributed by atoms with Crippen LogP contribution < -0.4 is 4.90 Å². The molecule has 3 aromatic rings. The molecule has 0 aliphatic carbocycles. The number of benzene rings is 1. The lowest BCUT2D eigenvalue weighted by atomic mass is 10.1. The molecule has 0 radical (unpaired) electrons. The van der Waals surface area contributed by atoms with Gasteiger partial charge in [-0.25, -0.2) is 14.6 Å². The molecule has 27 heavy (non-hydrogen) atoms. The van der Waals surface area contributed by atoms with Crippen LogP contribution in [0.5, 0.6) is 0 Å². The number of carbonyl (C=O) groups excluding carboxylic acids is 1. The zero-order valence-corrected chi connectivity index (χ0v) is 17.2. The lowest BCUT2D eigenvalue weighted by molar-refractivity contribution is -0.119. The monoisotopic (exact) mass is 386 g/mol. The molecule has 2 aromatic heterocycles. The van der Waals surface area contributed by atoms with Gasteiger partial charge in [-0.05, 0) is 44.1 Å². The zero-order chi connectivity index (χ0) is 19.4. The van der Waals surface area contributed by atoms with E-state index < -0.39 is 0 Å². The lowest BCUT2D eigenvalue weighted by Gasteiger charge is -2.24. The highest BCUT2D eigenvalue weighted by Gasteiger charge is 2.21. The maximum absolute atomic E-state index is 13.0. The molecule has 8 heteroatoms. The molecule has 1 aromatic carbocycles. The molecule has 0 spiro atoms. The van der Waals surface area contributed by atoms with Crippen molar-refractivity contribution in [2.75, 3.05) is 31.1 Å². The number of rotatable bonds is 8. The quantitative estimate of drug-likeness (QED) is 0.595. The van der Waals surface area contributed by atoms with E-state index in [2.05, 4.69) is 54.8 Å². The zero-order valence-electron chi connectivity index (χ0n) is 16.3. The summed E-state index contributed by atoms with van der Waals surface area (Å²) in [5, 5.41) is 4.81. The van der Waals surface area contributed by atoms with Gasteiger partial charge in [-0.15, -0.1) is 0 Å². The van der Waals surface area contributed by atoms with Gasteiger partial charge in [-0.2, -0.15) is 5.10 Å². The van der Waals surface area contributed by atoms with Crippen LogP contribution in [0, 0.1) is 13.8 Å². The molecule has 0 saturated carbocycles. The molecule has 7 nitrogen and oxygen atoms in total. The van der Waals surface area contributed by atoms with E-state index in [9.17, 15) is 4.79 Å². The summed E-state index contributed by atoms with van der Waals surface area (Å²) in [4.78, 5) is 25.8. The molecule has 0 N–H and O–H groups in total. The second-order valence-electron chi connectivity index (χ2n) is 6.59. The molecule has 0 fully saturated rings. The van der Waals surface area contributed by atoms with Gasteiger partial charge in [-0.1, -0.05) is 31.3 Å². The van der Waals surface area contributed by atoms with Crippen molar-refractivity contribution in [1.82, 2.24) is 24.6 Å². The average Bonchev–Trinajstić information content (AvgIpc) is 3.28. The Hall–Kier alpha value is -2.32. The van der Waals surface area contributed by atoms with Crippen LogP contribution in [0.25, 0.3) is 10.2 Å². The second kappa shape index (κ2) is 8.58. The van der Waals surface area contributed by atoms with Crippen LogP contribution in [0.2, 0.25) is 0 Å². The van der Waals surface area contributed by atoms with E-state index in [1.165, 1.54) is 17.5 Å². The van der Waals surface area contributed by atoms with Gasteiger partial charge < -0.3 is 4.90 Å². The Labute approximate surface area is 163 Å². The first kappa shape index (κ1) is 19.4. The van der Waals surface area contributed by atoms with Crippen molar-refractivity contribution in [3.8, 4) is 0 Å². The number of fused-ring (bicyclic) bond motifs is 1. The number of aryl methyl sites for hydroxylation is 2. The first-order chi connectivity index (χ1) is 13.0. The summed E-state index contributed by atoms with van der Waals surface area (Å²) in [5.74, 6) is -0.0268. The van der Waals surface area contributed by atoms with Crippen LogP contribution in [0.4, 0.5) is 5.13 Å². The Balaban J connectivity index is 1.90. The number of aromatic nitrogens is 4. The largest absolute Gasteiger partial charge is 0.302 e. The van der Waals surface area contributed by atoms with Crippen molar-refractivity contribution in [3.05, 3.63) is 35.9 Å². The summed E-state index contributed by atoms with van der Waals surface area (Å²) in [6, 6.07) is 4.23. The minimum Gasteiger partial charge on any atom is -0.302 e. The smallest absolute Gasteiger partial charge is 0.250 e. The van der Waals surface area contributed by atoms with E-state index >= 15 is 0 Å². The third-order valence-electron chi connectivity index (χ3n) is 4.64. The number of likely N-dealkylation sites (N-methyl/N-ethyl adjacent to an activating group) is 1. The molecule has 0 aliphatic heterocycles. The van der Waals surface area contributed by atoms with Crippen LogP contribution in [-0.4, -0.2) is 56.7 Å². The van der Waals surface area contributed by atoms with Gasteiger partial charge >= 0.3 is 0 Å². The molecular formula is C19H26N6OS. The second-order valence-corrected chi connectivity index (χ2v) is 7.57. The van der Waals surface area contributed by atoms with Crippen LogP contribution >= 0.6 is 11.3 Å². The van der Waals surface area contributed by atoms with Gasteiger partial charge in [0.1, 0.15) is 19.2 Å². The predicted octanol–water partition coefficient (Wildman–Crippen LogP) is 2.88. The van der Waals surface area contributed by atoms with E-state index in [4.69, 9.17) is 4.98 Å². The standard InChI is InChI=1S/C19H26N6OS/c1-5-23(6-2)7-8-25(17(26)11-24-13-20-12-21-24)19-22-16-10-14(3)9-15(4)18(16)27-19/h9-10,12-13H,5-8,11H2,1-4H3. The van der Waals surface area contributed by atoms with Gasteiger partial charge in [0.15, 0.2) is 5.13 Å². The van der Waals surface area contributed by atoms with Gasteiger partial charge in [0.2, 0.25) is 0 Å². The van der Waals surface area contributed by atoms with Crippen molar-refractivity contribution in [1.29, 1.82) is 0 Å². The van der Waals surface area contributed by atoms with Crippen LogP contribution in [0.1, 0.15) is 25.0 Å². The van der Waals surface area contributed by atoms with E-state index in [1.54, 1.807) is 27.2 Å². The summed E-state index contributed by atoms with van der Waals surface area (Å²) in [7, 11) is 0. The molecular weight excluding hydrogens is 360 g/mol. The number of carbonyl (C=O) groups is 1. The topological polar surface area (TPSA) is 67.2 Å². The molecule has 2 heterocycles. The van der Waals surface area contributed by atoms with Crippen LogP contribution in [-0.2, 0) is 11.3 Å². The maximum atomic E-state index is 13.0. The minimum absolute atomic E-state index is 0.0268. The molecule has 144 valence electrons. The van der Waals surface area contributed by atoms with Crippen molar-refractivity contribution in [3.63, 3.8) is 0 Å². The summed E-state index contributed by atoms with van der Waals surface area (Å²) in [6.07, 6.45) is 3.00. The molecule has 1 amide bonds. The van der Waals surface area contributed by atoms with Crippen molar-refractivity contribution >= 4 is 32.6 Å². The Morgan fingerprint density at radius 1 is 1.19 bits per heavy atom. The fourth-order valence-corrected chi connectivity index (χ4v) is 4.19. The highest BCUT2D eigenvalue weighted by atomic mass is 32.1. The number of hydrogen-bond donors (Lipinski definition) is 0. The van der Waals surface area contributed by atoms with Gasteiger partial charge in [0.25, 0.3) is 5.91 Å². The first-order valence-electron chi connectivity index (χ1n) is 9.24. The van der Waals surface area contributed by atoms with Crippen LogP contribution in [0.3, 0.4) is 0 Å². The van der Waals surface area contributed by atoms with Gasteiger partial charge in [0.05, 0.1) is 10.2 Å². The maximum Gasteiger partial charge on any atom is 0.250 e. The number of amides is 1. The van der Waals surface area contributed by atoms with Gasteiger partial charge in [-0.3, -0.25) is 9.69 Å². The van der Waals surface area contributed by atoms with E-state index in [0.29, 0.717) is 6.54 Å². The molecule has 0 aliphatic rings. The highest BCUT2D eigenvalue weighted by molar-refractivity contribution is 7.22. The Morgan fingerprint density at radius 2 is 1.96 bits per heavy atom. The molecule has 0 bridgehead atoms. The minimum atomic E-state index is -0.0268. The Kier molecular flexibility index (Phi) is 6.18. The third kappa shape index (κ3) is 4.51. The summed E-state index contributed by atoms with van der Waals surface area (Å²) in [6.45, 7) is 11.9. The lowest BCUT2D eigenvalue weighted by Crippen LogP contribution is -2.40. The summed E-state index contributed by atoms with van der Waals surface area (Å²) in [5.41, 5.74) is 3.33. The molecule has 0 atom stereocenters. The number of thiazole rings is 1. The van der Waals surface area contributed by atoms with Gasteiger partial charge in [0, 0.05) is 13.1 Å². The predicted molar refractivity (Wildman–Crippen MR) is 109 cm³/mol. The van der Waals surface area contributed by atoms with E-state index in [0.717, 1.165) is 35.0 Å². The normalized spacial score (nSPS) is 11.4. The number of anilines is 1.